The quantitative estimate of drug-likeness (QED) is 0.361. The molecule has 0 amide bonds. The van der Waals surface area contributed by atoms with Crippen molar-refractivity contribution < 1.29 is 18.3 Å². The van der Waals surface area contributed by atoms with E-state index < -0.39 is 17.6 Å². The minimum Gasteiger partial charge on any atom is -0.465 e. The number of ether oxygens (including phenoxy) is 1. The molecule has 2 aromatic rings. The molecule has 0 aliphatic rings. The second-order valence-corrected chi connectivity index (χ2v) is 3.45. The highest BCUT2D eigenvalue weighted by Gasteiger charge is 2.19. The van der Waals surface area contributed by atoms with Crippen LogP contribution in [0.2, 0.25) is 0 Å². The van der Waals surface area contributed by atoms with Crippen LogP contribution in [-0.4, -0.2) is 18.1 Å². The van der Waals surface area contributed by atoms with Crippen LogP contribution in [0.3, 0.4) is 0 Å². The summed E-state index contributed by atoms with van der Waals surface area (Å²) in [5.74, 6) is -2.50. The molecule has 0 radical (unpaired) electrons. The minimum absolute atomic E-state index is 0.239. The summed E-state index contributed by atoms with van der Waals surface area (Å²) in [4.78, 5) is 17.6. The maximum atomic E-state index is 13.8. The van der Waals surface area contributed by atoms with Crippen LogP contribution < -0.4 is 0 Å². The van der Waals surface area contributed by atoms with Gasteiger partial charge in [-0.15, -0.1) is 0 Å². The van der Waals surface area contributed by atoms with E-state index in [2.05, 4.69) is 19.7 Å². The van der Waals surface area contributed by atoms with Gasteiger partial charge < -0.3 is 4.74 Å². The number of pyridine rings is 1. The van der Waals surface area contributed by atoms with Gasteiger partial charge in [0.05, 0.1) is 18.4 Å². The SMILES string of the molecule is COC(=O)c1cnc2c(F)ccc(F)c2c1N=[N+]=[N-]. The van der Waals surface area contributed by atoms with Crippen molar-refractivity contribution in [2.45, 2.75) is 0 Å². The predicted octanol–water partition coefficient (Wildman–Crippen LogP) is 3.24. The maximum absolute atomic E-state index is 13.8. The number of azide groups is 1. The summed E-state index contributed by atoms with van der Waals surface area (Å²) in [7, 11) is 1.11. The number of benzene rings is 1. The third-order valence-electron chi connectivity index (χ3n) is 2.44. The zero-order chi connectivity index (χ0) is 14.0. The van der Waals surface area contributed by atoms with E-state index in [4.69, 9.17) is 5.53 Å². The van der Waals surface area contributed by atoms with E-state index in [1.165, 1.54) is 0 Å². The zero-order valence-corrected chi connectivity index (χ0v) is 9.59. The lowest BCUT2D eigenvalue weighted by Gasteiger charge is -2.07. The highest BCUT2D eigenvalue weighted by molar-refractivity contribution is 6.03. The lowest BCUT2D eigenvalue weighted by molar-refractivity contribution is 0.0601. The fraction of sp³-hybridized carbons (Fsp3) is 0.0909. The highest BCUT2D eigenvalue weighted by atomic mass is 19.1. The Morgan fingerprint density at radius 3 is 2.74 bits per heavy atom. The monoisotopic (exact) mass is 264 g/mol. The predicted molar refractivity (Wildman–Crippen MR) is 61.8 cm³/mol. The molecule has 8 heteroatoms. The van der Waals surface area contributed by atoms with Gasteiger partial charge in [-0.3, -0.25) is 4.98 Å². The molecule has 0 aliphatic carbocycles. The van der Waals surface area contributed by atoms with Gasteiger partial charge in [0, 0.05) is 16.5 Å². The highest BCUT2D eigenvalue weighted by Crippen LogP contribution is 2.32. The van der Waals surface area contributed by atoms with Crippen LogP contribution in [0.1, 0.15) is 10.4 Å². The van der Waals surface area contributed by atoms with Crippen molar-refractivity contribution in [1.82, 2.24) is 4.98 Å². The van der Waals surface area contributed by atoms with Crippen molar-refractivity contribution in [1.29, 1.82) is 0 Å². The molecule has 0 fully saturated rings. The molecule has 0 bridgehead atoms. The summed E-state index contributed by atoms with van der Waals surface area (Å²) < 4.78 is 31.7. The lowest BCUT2D eigenvalue weighted by atomic mass is 10.1. The third-order valence-corrected chi connectivity index (χ3v) is 2.44. The van der Waals surface area contributed by atoms with Crippen molar-refractivity contribution in [3.8, 4) is 0 Å². The van der Waals surface area contributed by atoms with Crippen LogP contribution in [0.15, 0.2) is 23.4 Å². The molecular weight excluding hydrogens is 258 g/mol. The first-order chi connectivity index (χ1) is 9.10. The number of methoxy groups -OCH3 is 1. The molecule has 0 aliphatic heterocycles. The molecule has 0 spiro atoms. The third kappa shape index (κ3) is 2.04. The second-order valence-electron chi connectivity index (χ2n) is 3.45. The molecule has 0 saturated carbocycles. The largest absolute Gasteiger partial charge is 0.465 e. The molecule has 2 rings (SSSR count). The van der Waals surface area contributed by atoms with Crippen molar-refractivity contribution in [3.63, 3.8) is 0 Å². The lowest BCUT2D eigenvalue weighted by Crippen LogP contribution is -2.03. The van der Waals surface area contributed by atoms with Gasteiger partial charge in [0.15, 0.2) is 0 Å². The number of nitrogens with zero attached hydrogens (tertiary/aromatic N) is 4. The van der Waals surface area contributed by atoms with Crippen LogP contribution in [0.25, 0.3) is 21.3 Å². The number of carbonyl (C=O) groups excluding carboxylic acids is 1. The van der Waals surface area contributed by atoms with Gasteiger partial charge in [0.1, 0.15) is 17.2 Å². The van der Waals surface area contributed by atoms with Gasteiger partial charge in [-0.1, -0.05) is 5.11 Å². The molecule has 6 nitrogen and oxygen atoms in total. The summed E-state index contributed by atoms with van der Waals surface area (Å²) in [6.07, 6.45) is 0.973. The summed E-state index contributed by atoms with van der Waals surface area (Å²) in [6, 6.07) is 1.75. The van der Waals surface area contributed by atoms with Crippen molar-refractivity contribution in [3.05, 3.63) is 46.0 Å². The van der Waals surface area contributed by atoms with E-state index in [0.717, 1.165) is 25.4 Å². The summed E-state index contributed by atoms with van der Waals surface area (Å²) in [6.45, 7) is 0. The molecule has 0 saturated heterocycles. The van der Waals surface area contributed by atoms with Crippen LogP contribution in [0, 0.1) is 11.6 Å². The number of hydrogen-bond donors (Lipinski definition) is 0. The summed E-state index contributed by atoms with van der Waals surface area (Å²) in [5, 5.41) is 2.88. The molecule has 19 heavy (non-hydrogen) atoms. The summed E-state index contributed by atoms with van der Waals surface area (Å²) >= 11 is 0. The molecule has 0 N–H and O–H groups in total. The van der Waals surface area contributed by atoms with E-state index in [9.17, 15) is 13.6 Å². The van der Waals surface area contributed by atoms with Gasteiger partial charge in [-0.2, -0.15) is 0 Å². The van der Waals surface area contributed by atoms with Gasteiger partial charge in [0.2, 0.25) is 0 Å². The molecule has 1 heterocycles. The second kappa shape index (κ2) is 4.87. The van der Waals surface area contributed by atoms with Crippen molar-refractivity contribution in [2.75, 3.05) is 7.11 Å². The van der Waals surface area contributed by atoms with Crippen LogP contribution in [0.5, 0.6) is 0 Å². The van der Waals surface area contributed by atoms with Gasteiger partial charge >= 0.3 is 5.97 Å². The van der Waals surface area contributed by atoms with E-state index in [1.54, 1.807) is 0 Å². The summed E-state index contributed by atoms with van der Waals surface area (Å²) in [5.41, 5.74) is 7.57. The Bertz CT molecular complexity index is 726. The Labute approximate surface area is 105 Å². The molecule has 0 atom stereocenters. The Morgan fingerprint density at radius 2 is 2.11 bits per heavy atom. The van der Waals surface area contributed by atoms with E-state index in [0.29, 0.717) is 0 Å². The molecule has 1 aromatic heterocycles. The standard InChI is InChI=1S/C11H6F2N4O2/c1-19-11(18)5-4-15-10-7(13)3-2-6(12)8(10)9(5)16-17-14/h2-4H,1H3. The molecule has 1 aromatic carbocycles. The molecular formula is C11H6F2N4O2. The maximum Gasteiger partial charge on any atom is 0.339 e. The number of halogens is 2. The average molecular weight is 264 g/mol. The van der Waals surface area contributed by atoms with Gasteiger partial charge in [-0.05, 0) is 17.7 Å². The Morgan fingerprint density at radius 1 is 1.42 bits per heavy atom. The Kier molecular flexibility index (Phi) is 3.26. The number of rotatable bonds is 2. The van der Waals surface area contributed by atoms with E-state index in [-0.39, 0.29) is 22.2 Å². The number of carbonyl (C=O) groups is 1. The average Bonchev–Trinajstić information content (AvgIpc) is 2.42. The zero-order valence-electron chi connectivity index (χ0n) is 9.59. The first-order valence-corrected chi connectivity index (χ1v) is 5.00. The number of aromatic nitrogens is 1. The van der Waals surface area contributed by atoms with Crippen molar-refractivity contribution >= 4 is 22.6 Å². The smallest absolute Gasteiger partial charge is 0.339 e. The first kappa shape index (κ1) is 12.7. The molecule has 0 unspecified atom stereocenters. The van der Waals surface area contributed by atoms with Gasteiger partial charge in [-0.25, -0.2) is 13.6 Å². The molecule has 96 valence electrons. The fourth-order valence-electron chi connectivity index (χ4n) is 1.63. The Hall–Kier alpha value is -2.73. The van der Waals surface area contributed by atoms with E-state index in [1.807, 2.05) is 0 Å². The van der Waals surface area contributed by atoms with Crippen LogP contribution in [0.4, 0.5) is 14.5 Å². The Balaban J connectivity index is 2.96. The normalized spacial score (nSPS) is 10.1. The van der Waals surface area contributed by atoms with E-state index >= 15 is 0 Å². The van der Waals surface area contributed by atoms with Crippen LogP contribution in [-0.2, 0) is 4.74 Å². The minimum atomic E-state index is -0.861. The van der Waals surface area contributed by atoms with Crippen molar-refractivity contribution in [2.24, 2.45) is 5.11 Å². The number of esters is 1. The first-order valence-electron chi connectivity index (χ1n) is 5.00. The topological polar surface area (TPSA) is 88.0 Å². The van der Waals surface area contributed by atoms with Gasteiger partial charge in [0.25, 0.3) is 0 Å². The number of fused-ring (bicyclic) bond motifs is 1. The van der Waals surface area contributed by atoms with Crippen LogP contribution >= 0.6 is 0 Å². The fourth-order valence-corrected chi connectivity index (χ4v) is 1.63. The number of hydrogen-bond acceptors (Lipinski definition) is 4.